The highest BCUT2D eigenvalue weighted by Gasteiger charge is 2.32. The first-order chi connectivity index (χ1) is 11.8. The van der Waals surface area contributed by atoms with Crippen molar-refractivity contribution in [1.29, 1.82) is 0 Å². The van der Waals surface area contributed by atoms with Crippen molar-refractivity contribution in [2.75, 3.05) is 10.7 Å². The second-order valence-electron chi connectivity index (χ2n) is 6.18. The molecule has 0 aromatic heterocycles. The molecule has 4 nitrogen and oxygen atoms in total. The Kier molecular flexibility index (Phi) is 4.47. The molecule has 0 unspecified atom stereocenters. The minimum absolute atomic E-state index is 0.180. The average molecular weight is 359 g/mol. The third-order valence-corrected chi connectivity index (χ3v) is 5.70. The molecule has 1 aliphatic rings. The number of sulfone groups is 1. The second-order valence-corrected chi connectivity index (χ2v) is 8.11. The molecule has 25 heavy (non-hydrogen) atoms. The zero-order valence-electron chi connectivity index (χ0n) is 13.9. The fourth-order valence-electron chi connectivity index (χ4n) is 2.79. The van der Waals surface area contributed by atoms with Crippen molar-refractivity contribution in [2.45, 2.75) is 19.9 Å². The topological polar surface area (TPSA) is 54.5 Å². The Morgan fingerprint density at radius 2 is 1.76 bits per heavy atom. The summed E-state index contributed by atoms with van der Waals surface area (Å²) in [6.07, 6.45) is 1.50. The van der Waals surface area contributed by atoms with Crippen molar-refractivity contribution in [3.8, 4) is 0 Å². The molecule has 1 atom stereocenters. The molecule has 3 rings (SSSR count). The predicted molar refractivity (Wildman–Crippen MR) is 95.8 cm³/mol. The van der Waals surface area contributed by atoms with Crippen LogP contribution in [-0.4, -0.2) is 26.1 Å². The van der Waals surface area contributed by atoms with Crippen LogP contribution in [0.25, 0.3) is 0 Å². The summed E-state index contributed by atoms with van der Waals surface area (Å²) in [5.74, 6) is -0.917. The normalized spacial score (nSPS) is 18.3. The highest BCUT2D eigenvalue weighted by Crippen LogP contribution is 2.26. The number of carbonyl (C=O) groups excluding carboxylic acids is 1. The van der Waals surface area contributed by atoms with E-state index >= 15 is 0 Å². The Morgan fingerprint density at radius 3 is 2.32 bits per heavy atom. The van der Waals surface area contributed by atoms with E-state index in [0.29, 0.717) is 11.3 Å². The second kappa shape index (κ2) is 6.44. The Hall–Kier alpha value is -2.47. The highest BCUT2D eigenvalue weighted by molar-refractivity contribution is 7.94. The first-order valence-electron chi connectivity index (χ1n) is 7.84. The summed E-state index contributed by atoms with van der Waals surface area (Å²) in [6.45, 7) is 3.86. The number of halogens is 1. The van der Waals surface area contributed by atoms with Crippen molar-refractivity contribution < 1.29 is 17.6 Å². The quantitative estimate of drug-likeness (QED) is 0.844. The number of rotatable bonds is 3. The number of aryl methyl sites for hydroxylation is 2. The maximum absolute atomic E-state index is 13.3. The van der Waals surface area contributed by atoms with E-state index in [2.05, 4.69) is 0 Å². The molecule has 0 saturated carbocycles. The monoisotopic (exact) mass is 359 g/mol. The van der Waals surface area contributed by atoms with Gasteiger partial charge in [0.05, 0.1) is 11.8 Å². The van der Waals surface area contributed by atoms with Gasteiger partial charge in [0.25, 0.3) is 5.91 Å². The van der Waals surface area contributed by atoms with Crippen LogP contribution in [0.1, 0.15) is 21.5 Å². The van der Waals surface area contributed by atoms with E-state index in [4.69, 9.17) is 0 Å². The number of hydrogen-bond acceptors (Lipinski definition) is 3. The SMILES string of the molecule is Cc1ccc(C(=O)N(c2ccc(F)cc2)[C@H]2C=CS(=O)(=O)C2)cc1C. The van der Waals surface area contributed by atoms with Gasteiger partial charge in [0.1, 0.15) is 5.82 Å². The number of anilines is 1. The van der Waals surface area contributed by atoms with E-state index in [1.54, 1.807) is 12.1 Å². The van der Waals surface area contributed by atoms with Gasteiger partial charge in [0.15, 0.2) is 9.84 Å². The summed E-state index contributed by atoms with van der Waals surface area (Å²) in [6, 6.07) is 10.2. The van der Waals surface area contributed by atoms with Gasteiger partial charge in [0, 0.05) is 16.7 Å². The minimum Gasteiger partial charge on any atom is -0.300 e. The van der Waals surface area contributed by atoms with Gasteiger partial charge in [-0.3, -0.25) is 4.79 Å². The molecule has 0 aliphatic carbocycles. The minimum atomic E-state index is -3.34. The molecule has 130 valence electrons. The first kappa shape index (κ1) is 17.4. The van der Waals surface area contributed by atoms with E-state index in [1.807, 2.05) is 19.9 Å². The molecule has 0 spiro atoms. The van der Waals surface area contributed by atoms with Gasteiger partial charge in [-0.1, -0.05) is 6.07 Å². The Labute approximate surface area is 146 Å². The van der Waals surface area contributed by atoms with E-state index in [9.17, 15) is 17.6 Å². The number of amides is 1. The molecule has 1 heterocycles. The van der Waals surface area contributed by atoms with Gasteiger partial charge in [-0.2, -0.15) is 0 Å². The Morgan fingerprint density at radius 1 is 1.08 bits per heavy atom. The number of benzene rings is 2. The molecular weight excluding hydrogens is 341 g/mol. The highest BCUT2D eigenvalue weighted by atomic mass is 32.2. The van der Waals surface area contributed by atoms with E-state index in [-0.39, 0.29) is 11.7 Å². The van der Waals surface area contributed by atoms with Gasteiger partial charge in [-0.25, -0.2) is 12.8 Å². The standard InChI is InChI=1S/C19H18FNO3S/c1-13-3-4-15(11-14(13)2)19(22)21(17-7-5-16(20)6-8-17)18-9-10-25(23,24)12-18/h3-11,18H,12H2,1-2H3/t18-/m0/s1. The molecule has 0 radical (unpaired) electrons. The number of nitrogens with zero attached hydrogens (tertiary/aromatic N) is 1. The van der Waals surface area contributed by atoms with Crippen LogP contribution in [0.5, 0.6) is 0 Å². The lowest BCUT2D eigenvalue weighted by atomic mass is 10.0. The molecule has 1 aliphatic heterocycles. The summed E-state index contributed by atoms with van der Waals surface area (Å²) < 4.78 is 36.9. The van der Waals surface area contributed by atoms with Crippen LogP contribution in [0.3, 0.4) is 0 Å². The average Bonchev–Trinajstić information content (AvgIpc) is 2.91. The van der Waals surface area contributed by atoms with Crippen LogP contribution >= 0.6 is 0 Å². The van der Waals surface area contributed by atoms with Gasteiger partial charge in [0.2, 0.25) is 0 Å². The zero-order chi connectivity index (χ0) is 18.2. The number of hydrogen-bond donors (Lipinski definition) is 0. The van der Waals surface area contributed by atoms with Crippen molar-refractivity contribution in [1.82, 2.24) is 0 Å². The first-order valence-corrected chi connectivity index (χ1v) is 9.56. The molecule has 1 amide bonds. The third kappa shape index (κ3) is 3.64. The summed E-state index contributed by atoms with van der Waals surface area (Å²) in [5.41, 5.74) is 2.95. The Bertz CT molecular complexity index is 949. The van der Waals surface area contributed by atoms with E-state index < -0.39 is 21.7 Å². The smallest absolute Gasteiger partial charge is 0.258 e. The molecule has 0 bridgehead atoms. The largest absolute Gasteiger partial charge is 0.300 e. The van der Waals surface area contributed by atoms with Crippen LogP contribution in [-0.2, 0) is 9.84 Å². The van der Waals surface area contributed by atoms with Crippen LogP contribution in [0.2, 0.25) is 0 Å². The molecule has 0 fully saturated rings. The lowest BCUT2D eigenvalue weighted by molar-refractivity contribution is 0.0983. The molecule has 2 aromatic carbocycles. The van der Waals surface area contributed by atoms with Crippen LogP contribution in [0.4, 0.5) is 10.1 Å². The maximum atomic E-state index is 13.3. The summed E-state index contributed by atoms with van der Waals surface area (Å²) in [4.78, 5) is 14.5. The number of carbonyl (C=O) groups is 1. The fourth-order valence-corrected chi connectivity index (χ4v) is 4.06. The lowest BCUT2D eigenvalue weighted by Gasteiger charge is -2.28. The summed E-state index contributed by atoms with van der Waals surface area (Å²) >= 11 is 0. The molecule has 0 saturated heterocycles. The van der Waals surface area contributed by atoms with Gasteiger partial charge in [-0.15, -0.1) is 0 Å². The van der Waals surface area contributed by atoms with E-state index in [0.717, 1.165) is 16.5 Å². The van der Waals surface area contributed by atoms with Crippen molar-refractivity contribution >= 4 is 21.4 Å². The van der Waals surface area contributed by atoms with Crippen molar-refractivity contribution in [3.05, 3.63) is 76.5 Å². The third-order valence-electron chi connectivity index (χ3n) is 4.32. The summed E-state index contributed by atoms with van der Waals surface area (Å²) in [7, 11) is -3.34. The lowest BCUT2D eigenvalue weighted by Crippen LogP contribution is -2.41. The summed E-state index contributed by atoms with van der Waals surface area (Å²) in [5, 5.41) is 1.13. The predicted octanol–water partition coefficient (Wildman–Crippen LogP) is 3.40. The van der Waals surface area contributed by atoms with E-state index in [1.165, 1.54) is 35.2 Å². The van der Waals surface area contributed by atoms with Gasteiger partial charge < -0.3 is 4.90 Å². The molecule has 2 aromatic rings. The molecule has 0 N–H and O–H groups in total. The van der Waals surface area contributed by atoms with Gasteiger partial charge >= 0.3 is 0 Å². The van der Waals surface area contributed by atoms with Crippen LogP contribution in [0, 0.1) is 19.7 Å². The van der Waals surface area contributed by atoms with Crippen LogP contribution < -0.4 is 4.90 Å². The molecule has 6 heteroatoms. The molecular formula is C19H18FNO3S. The van der Waals surface area contributed by atoms with Gasteiger partial charge in [-0.05, 0) is 67.4 Å². The maximum Gasteiger partial charge on any atom is 0.258 e. The van der Waals surface area contributed by atoms with Crippen LogP contribution in [0.15, 0.2) is 53.9 Å². The Balaban J connectivity index is 2.04. The fraction of sp³-hybridized carbons (Fsp3) is 0.211. The zero-order valence-corrected chi connectivity index (χ0v) is 14.8. The van der Waals surface area contributed by atoms with Crippen molar-refractivity contribution in [2.24, 2.45) is 0 Å². The van der Waals surface area contributed by atoms with Crippen molar-refractivity contribution in [3.63, 3.8) is 0 Å².